The van der Waals surface area contributed by atoms with Crippen LogP contribution < -0.4 is 10.6 Å². The number of pyridine rings is 1. The normalized spacial score (nSPS) is 22.1. The first kappa shape index (κ1) is 15.6. The van der Waals surface area contributed by atoms with Crippen LogP contribution in [-0.4, -0.2) is 40.2 Å². The third-order valence-electron chi connectivity index (χ3n) is 5.07. The zero-order valence-corrected chi connectivity index (χ0v) is 14.0. The predicted molar refractivity (Wildman–Crippen MR) is 101 cm³/mol. The van der Waals surface area contributed by atoms with Crippen LogP contribution in [0.1, 0.15) is 12.0 Å². The molecule has 0 amide bonds. The fraction of sp³-hybridized carbons (Fsp3) is 0.250. The summed E-state index contributed by atoms with van der Waals surface area (Å²) in [6.45, 7) is 6.01. The Morgan fingerprint density at radius 1 is 1.20 bits per heavy atom. The van der Waals surface area contributed by atoms with Crippen molar-refractivity contribution >= 4 is 17.1 Å². The summed E-state index contributed by atoms with van der Waals surface area (Å²) in [5.41, 5.74) is 8.01. The molecule has 1 aromatic carbocycles. The maximum Gasteiger partial charge on any atom is 0.129 e. The average molecular weight is 334 g/mol. The van der Waals surface area contributed by atoms with E-state index in [4.69, 9.17) is 5.73 Å². The van der Waals surface area contributed by atoms with Gasteiger partial charge in [0.15, 0.2) is 0 Å². The maximum atomic E-state index is 9.93. The first-order valence-electron chi connectivity index (χ1n) is 8.51. The van der Waals surface area contributed by atoms with Gasteiger partial charge in [-0.3, -0.25) is 0 Å². The largest absolute Gasteiger partial charge is 0.507 e. The fourth-order valence-corrected chi connectivity index (χ4v) is 3.75. The van der Waals surface area contributed by atoms with E-state index in [1.807, 2.05) is 36.4 Å². The van der Waals surface area contributed by atoms with Crippen LogP contribution in [0.2, 0.25) is 0 Å². The SMILES string of the molecule is C=C(/C=C/N1CC2C[C@@H]1CN2c1ccc(N)cn1)c1ccccc1O. The second kappa shape index (κ2) is 6.16. The molecule has 3 N–H and O–H groups in total. The van der Waals surface area contributed by atoms with Crippen LogP contribution in [0.15, 0.2) is 61.4 Å². The molecule has 5 nitrogen and oxygen atoms in total. The van der Waals surface area contributed by atoms with Crippen LogP contribution in [0.3, 0.4) is 0 Å². The quantitative estimate of drug-likeness (QED) is 0.842. The lowest BCUT2D eigenvalue weighted by molar-refractivity contribution is 0.328. The molecular weight excluding hydrogens is 312 g/mol. The van der Waals surface area contributed by atoms with Crippen LogP contribution in [-0.2, 0) is 0 Å². The lowest BCUT2D eigenvalue weighted by Crippen LogP contribution is -2.44. The van der Waals surface area contributed by atoms with Crippen LogP contribution >= 0.6 is 0 Å². The lowest BCUT2D eigenvalue weighted by atomic mass is 10.1. The summed E-state index contributed by atoms with van der Waals surface area (Å²) >= 11 is 0. The van der Waals surface area contributed by atoms with Gasteiger partial charge in [0.25, 0.3) is 0 Å². The second-order valence-corrected chi connectivity index (χ2v) is 6.70. The summed E-state index contributed by atoms with van der Waals surface area (Å²) in [5.74, 6) is 1.27. The molecule has 2 atom stereocenters. The van der Waals surface area contributed by atoms with Crippen molar-refractivity contribution in [3.05, 3.63) is 67.0 Å². The van der Waals surface area contributed by atoms with E-state index in [2.05, 4.69) is 27.6 Å². The van der Waals surface area contributed by atoms with Crippen LogP contribution in [0.4, 0.5) is 11.5 Å². The third kappa shape index (κ3) is 2.93. The molecule has 2 bridgehead atoms. The van der Waals surface area contributed by atoms with Gasteiger partial charge in [-0.15, -0.1) is 0 Å². The topological polar surface area (TPSA) is 65.6 Å². The van der Waals surface area contributed by atoms with E-state index in [1.165, 1.54) is 0 Å². The Morgan fingerprint density at radius 2 is 2.04 bits per heavy atom. The smallest absolute Gasteiger partial charge is 0.129 e. The number of nitrogens with zero attached hydrogens (tertiary/aromatic N) is 3. The minimum absolute atomic E-state index is 0.265. The molecule has 5 heteroatoms. The van der Waals surface area contributed by atoms with Gasteiger partial charge in [0.2, 0.25) is 0 Å². The number of para-hydroxylation sites is 1. The van der Waals surface area contributed by atoms with Gasteiger partial charge in [-0.05, 0) is 36.3 Å². The molecule has 2 aliphatic rings. The number of hydrogen-bond acceptors (Lipinski definition) is 5. The zero-order chi connectivity index (χ0) is 17.4. The number of allylic oxidation sites excluding steroid dienone is 2. The number of nitrogens with two attached hydrogens (primary N) is 1. The average Bonchev–Trinajstić information content (AvgIpc) is 3.21. The number of hydrogen-bond donors (Lipinski definition) is 2. The molecular formula is C20H22N4O. The van der Waals surface area contributed by atoms with Crippen molar-refractivity contribution in [2.75, 3.05) is 23.7 Å². The summed E-state index contributed by atoms with van der Waals surface area (Å²) in [5, 5.41) is 9.93. The number of likely N-dealkylation sites (tertiary alicyclic amines) is 1. The Bertz CT molecular complexity index is 815. The molecule has 2 saturated heterocycles. The number of aromatic hydroxyl groups is 1. The molecule has 4 rings (SSSR count). The summed E-state index contributed by atoms with van der Waals surface area (Å²) in [4.78, 5) is 9.18. The third-order valence-corrected chi connectivity index (χ3v) is 5.07. The van der Waals surface area contributed by atoms with E-state index in [1.54, 1.807) is 12.3 Å². The summed E-state index contributed by atoms with van der Waals surface area (Å²) in [6, 6.07) is 12.1. The number of nitrogen functional groups attached to an aromatic ring is 1. The Morgan fingerprint density at radius 3 is 2.72 bits per heavy atom. The van der Waals surface area contributed by atoms with Crippen molar-refractivity contribution in [2.24, 2.45) is 0 Å². The van der Waals surface area contributed by atoms with Gasteiger partial charge in [0, 0.05) is 36.9 Å². The zero-order valence-electron chi connectivity index (χ0n) is 14.0. The molecule has 2 aromatic rings. The highest BCUT2D eigenvalue weighted by molar-refractivity contribution is 5.75. The lowest BCUT2D eigenvalue weighted by Gasteiger charge is -2.34. The van der Waals surface area contributed by atoms with Crippen molar-refractivity contribution < 1.29 is 5.11 Å². The van der Waals surface area contributed by atoms with E-state index >= 15 is 0 Å². The second-order valence-electron chi connectivity index (χ2n) is 6.70. The van der Waals surface area contributed by atoms with Crippen molar-refractivity contribution in [3.8, 4) is 5.75 Å². The molecule has 0 spiro atoms. The first-order chi connectivity index (χ1) is 12.1. The van der Waals surface area contributed by atoms with Gasteiger partial charge < -0.3 is 20.6 Å². The van der Waals surface area contributed by atoms with Crippen LogP contribution in [0.5, 0.6) is 5.75 Å². The highest BCUT2D eigenvalue weighted by Gasteiger charge is 2.42. The summed E-state index contributed by atoms with van der Waals surface area (Å²) < 4.78 is 0. The Balaban J connectivity index is 1.42. The van der Waals surface area contributed by atoms with Crippen molar-refractivity contribution in [1.29, 1.82) is 0 Å². The van der Waals surface area contributed by atoms with Gasteiger partial charge in [-0.1, -0.05) is 24.8 Å². The van der Waals surface area contributed by atoms with E-state index in [-0.39, 0.29) is 5.75 Å². The van der Waals surface area contributed by atoms with Crippen LogP contribution in [0, 0.1) is 0 Å². The highest BCUT2D eigenvalue weighted by Crippen LogP contribution is 2.34. The van der Waals surface area contributed by atoms with Crippen molar-refractivity contribution in [3.63, 3.8) is 0 Å². The molecule has 2 fully saturated rings. The number of benzene rings is 1. The Labute approximate surface area is 147 Å². The molecule has 0 saturated carbocycles. The summed E-state index contributed by atoms with van der Waals surface area (Å²) in [6.07, 6.45) is 6.95. The molecule has 0 aliphatic carbocycles. The molecule has 2 aliphatic heterocycles. The van der Waals surface area contributed by atoms with Crippen molar-refractivity contribution in [2.45, 2.75) is 18.5 Å². The first-order valence-corrected chi connectivity index (χ1v) is 8.51. The number of anilines is 2. The van der Waals surface area contributed by atoms with E-state index < -0.39 is 0 Å². The van der Waals surface area contributed by atoms with Crippen LogP contribution in [0.25, 0.3) is 5.57 Å². The molecule has 1 aromatic heterocycles. The number of phenols is 1. The number of piperazine rings is 1. The fourth-order valence-electron chi connectivity index (χ4n) is 3.75. The molecule has 1 unspecified atom stereocenters. The van der Waals surface area contributed by atoms with E-state index in [0.717, 1.165) is 36.5 Å². The molecule has 3 heterocycles. The van der Waals surface area contributed by atoms with Gasteiger partial charge in [0.1, 0.15) is 11.6 Å². The molecule has 0 radical (unpaired) electrons. The Hall–Kier alpha value is -2.95. The molecule has 128 valence electrons. The van der Waals surface area contributed by atoms with E-state index in [9.17, 15) is 5.11 Å². The Kier molecular flexibility index (Phi) is 3.84. The number of rotatable bonds is 4. The standard InChI is InChI=1S/C20H22N4O/c1-14(18-4-2-3-5-19(18)25)8-9-23-12-17-10-16(23)13-24(17)20-7-6-15(21)11-22-20/h2-9,11,16-17,25H,1,10,12-13,21H2/b9-8+/t16-,17?/m1/s1. The number of fused-ring (bicyclic) bond motifs is 2. The van der Waals surface area contributed by atoms with Gasteiger partial charge >= 0.3 is 0 Å². The number of phenolic OH excluding ortho intramolecular Hbond substituents is 1. The summed E-state index contributed by atoms with van der Waals surface area (Å²) in [7, 11) is 0. The molecule has 25 heavy (non-hydrogen) atoms. The highest BCUT2D eigenvalue weighted by atomic mass is 16.3. The predicted octanol–water partition coefficient (Wildman–Crippen LogP) is 2.86. The maximum absolute atomic E-state index is 9.93. The monoisotopic (exact) mass is 334 g/mol. The number of aromatic nitrogens is 1. The van der Waals surface area contributed by atoms with E-state index in [0.29, 0.717) is 17.8 Å². The van der Waals surface area contributed by atoms with Gasteiger partial charge in [0.05, 0.1) is 11.9 Å². The van der Waals surface area contributed by atoms with Gasteiger partial charge in [-0.2, -0.15) is 0 Å². The minimum Gasteiger partial charge on any atom is -0.507 e. The minimum atomic E-state index is 0.265. The van der Waals surface area contributed by atoms with Gasteiger partial charge in [-0.25, -0.2) is 4.98 Å². The van der Waals surface area contributed by atoms with Crippen molar-refractivity contribution in [1.82, 2.24) is 9.88 Å².